The van der Waals surface area contributed by atoms with Crippen LogP contribution < -0.4 is 0 Å². The van der Waals surface area contributed by atoms with Gasteiger partial charge in [0.15, 0.2) is 0 Å². The van der Waals surface area contributed by atoms with Crippen LogP contribution in [0.2, 0.25) is 0 Å². The summed E-state index contributed by atoms with van der Waals surface area (Å²) in [5, 5.41) is 7.28. The van der Waals surface area contributed by atoms with Gasteiger partial charge in [-0.15, -0.1) is 0 Å². The number of nitrogens with zero attached hydrogens (tertiary/aromatic N) is 1. The highest BCUT2D eigenvalue weighted by atomic mass is 19.3. The molecule has 1 N–H and O–H groups in total. The van der Waals surface area contributed by atoms with Gasteiger partial charge in [-0.1, -0.05) is 6.92 Å². The molecule has 0 heterocycles. The lowest BCUT2D eigenvalue weighted by Crippen LogP contribution is -2.30. The zero-order chi connectivity index (χ0) is 8.85. The van der Waals surface area contributed by atoms with E-state index in [4.69, 9.17) is 5.41 Å². The van der Waals surface area contributed by atoms with Gasteiger partial charge in [0.25, 0.3) is 6.43 Å². The third-order valence-electron chi connectivity index (χ3n) is 1.36. The molecule has 2 nitrogen and oxygen atoms in total. The fraction of sp³-hybridized carbons (Fsp3) is 0.857. The zero-order valence-corrected chi connectivity index (χ0v) is 6.90. The third kappa shape index (κ3) is 4.70. The molecule has 0 saturated heterocycles. The first kappa shape index (κ1) is 10.3. The molecule has 0 aromatic heterocycles. The highest BCUT2D eigenvalue weighted by molar-refractivity contribution is 5.78. The van der Waals surface area contributed by atoms with E-state index in [2.05, 4.69) is 0 Å². The summed E-state index contributed by atoms with van der Waals surface area (Å²) in [6.45, 7) is 1.59. The molecule has 0 radical (unpaired) electrons. The zero-order valence-electron chi connectivity index (χ0n) is 6.90. The maximum atomic E-state index is 11.7. The van der Waals surface area contributed by atoms with Crippen molar-refractivity contribution in [1.29, 1.82) is 5.41 Å². The van der Waals surface area contributed by atoms with E-state index in [-0.39, 0.29) is 12.4 Å². The van der Waals surface area contributed by atoms with Crippen molar-refractivity contribution in [1.82, 2.24) is 4.90 Å². The average molecular weight is 164 g/mol. The normalized spacial score (nSPS) is 10.3. The predicted octanol–water partition coefficient (Wildman–Crippen LogP) is 1.96. The van der Waals surface area contributed by atoms with Crippen molar-refractivity contribution in [2.24, 2.45) is 0 Å². The molecular formula is C7H14F2N2. The molecule has 0 unspecified atom stereocenters. The maximum Gasteiger partial charge on any atom is 0.255 e. The Kier molecular flexibility index (Phi) is 4.74. The number of hydrogen-bond donors (Lipinski definition) is 1. The highest BCUT2D eigenvalue weighted by Crippen LogP contribution is 1.99. The van der Waals surface area contributed by atoms with Crippen LogP contribution in [-0.2, 0) is 0 Å². The van der Waals surface area contributed by atoms with Crippen LogP contribution in [0.1, 0.15) is 19.8 Å². The Balaban J connectivity index is 3.64. The number of nitrogens with one attached hydrogen (secondary N) is 1. The van der Waals surface area contributed by atoms with Crippen LogP contribution in [0, 0.1) is 5.41 Å². The van der Waals surface area contributed by atoms with Gasteiger partial charge in [-0.05, 0) is 6.42 Å². The van der Waals surface area contributed by atoms with Gasteiger partial charge in [0.2, 0.25) is 0 Å². The van der Waals surface area contributed by atoms with Crippen molar-refractivity contribution >= 4 is 5.84 Å². The molecule has 0 amide bonds. The van der Waals surface area contributed by atoms with Crippen molar-refractivity contribution in [3.8, 4) is 0 Å². The summed E-state index contributed by atoms with van der Waals surface area (Å²) in [5.74, 6) is 0.285. The van der Waals surface area contributed by atoms with Gasteiger partial charge in [0.1, 0.15) is 0 Å². The second-order valence-corrected chi connectivity index (χ2v) is 2.47. The van der Waals surface area contributed by atoms with E-state index < -0.39 is 6.43 Å². The molecule has 0 aliphatic carbocycles. The number of rotatable bonds is 4. The first-order valence-electron chi connectivity index (χ1n) is 3.64. The van der Waals surface area contributed by atoms with Crippen LogP contribution in [0.3, 0.4) is 0 Å². The topological polar surface area (TPSA) is 27.1 Å². The molecule has 0 aromatic carbocycles. The number of amidine groups is 1. The van der Waals surface area contributed by atoms with Crippen molar-refractivity contribution in [2.75, 3.05) is 13.6 Å². The van der Waals surface area contributed by atoms with Crippen LogP contribution in [0.5, 0.6) is 0 Å². The number of alkyl halides is 2. The van der Waals surface area contributed by atoms with Crippen molar-refractivity contribution in [3.05, 3.63) is 0 Å². The second kappa shape index (κ2) is 5.04. The molecule has 0 aliphatic heterocycles. The van der Waals surface area contributed by atoms with Gasteiger partial charge < -0.3 is 4.90 Å². The summed E-state index contributed by atoms with van der Waals surface area (Å²) in [5.41, 5.74) is 0. The van der Waals surface area contributed by atoms with E-state index in [0.717, 1.165) is 6.42 Å². The first-order valence-corrected chi connectivity index (χ1v) is 3.64. The van der Waals surface area contributed by atoms with Crippen LogP contribution in [0.25, 0.3) is 0 Å². The van der Waals surface area contributed by atoms with E-state index in [1.54, 1.807) is 0 Å². The van der Waals surface area contributed by atoms with E-state index >= 15 is 0 Å². The van der Waals surface area contributed by atoms with Gasteiger partial charge >= 0.3 is 0 Å². The maximum absolute atomic E-state index is 11.7. The predicted molar refractivity (Wildman–Crippen MR) is 41.3 cm³/mol. The number of hydrogen-bond acceptors (Lipinski definition) is 1. The van der Waals surface area contributed by atoms with Crippen molar-refractivity contribution in [3.63, 3.8) is 0 Å². The molecule has 0 rings (SSSR count). The molecular weight excluding hydrogens is 150 g/mol. The van der Waals surface area contributed by atoms with Gasteiger partial charge in [0.05, 0.1) is 12.4 Å². The number of halogens is 2. The van der Waals surface area contributed by atoms with Crippen LogP contribution in [0.4, 0.5) is 8.78 Å². The van der Waals surface area contributed by atoms with Crippen molar-refractivity contribution in [2.45, 2.75) is 26.2 Å². The van der Waals surface area contributed by atoms with E-state index in [0.29, 0.717) is 6.42 Å². The Labute approximate surface area is 65.7 Å². The van der Waals surface area contributed by atoms with Gasteiger partial charge in [-0.3, -0.25) is 5.41 Å². The Morgan fingerprint density at radius 3 is 2.45 bits per heavy atom. The lowest BCUT2D eigenvalue weighted by atomic mass is 10.3. The molecule has 66 valence electrons. The Morgan fingerprint density at radius 2 is 2.09 bits per heavy atom. The smallest absolute Gasteiger partial charge is 0.255 e. The molecule has 0 fully saturated rings. The fourth-order valence-electron chi connectivity index (χ4n) is 0.745. The Morgan fingerprint density at radius 1 is 1.55 bits per heavy atom. The Bertz CT molecular complexity index is 126. The standard InChI is InChI=1S/C7H14F2N2/c1-3-4-7(10)11(2)5-6(8)9/h6,10H,3-5H2,1-2H3. The SMILES string of the molecule is CCCC(=N)N(C)CC(F)F. The minimum Gasteiger partial charge on any atom is -0.358 e. The molecule has 0 aliphatic rings. The lowest BCUT2D eigenvalue weighted by Gasteiger charge is -2.18. The minimum atomic E-state index is -2.35. The third-order valence-corrected chi connectivity index (χ3v) is 1.36. The summed E-state index contributed by atoms with van der Waals surface area (Å²) in [4.78, 5) is 1.29. The van der Waals surface area contributed by atoms with Gasteiger partial charge in [-0.2, -0.15) is 0 Å². The monoisotopic (exact) mass is 164 g/mol. The van der Waals surface area contributed by atoms with E-state index in [9.17, 15) is 8.78 Å². The minimum absolute atomic E-state index is 0.285. The van der Waals surface area contributed by atoms with E-state index in [1.807, 2.05) is 6.92 Å². The van der Waals surface area contributed by atoms with Crippen molar-refractivity contribution < 1.29 is 8.78 Å². The first-order chi connectivity index (χ1) is 5.07. The molecule has 0 bridgehead atoms. The highest BCUT2D eigenvalue weighted by Gasteiger charge is 2.09. The van der Waals surface area contributed by atoms with Crippen LogP contribution in [0.15, 0.2) is 0 Å². The molecule has 0 aromatic rings. The van der Waals surface area contributed by atoms with Gasteiger partial charge in [0, 0.05) is 13.5 Å². The summed E-state index contributed by atoms with van der Waals surface area (Å²) in [6.07, 6.45) is -0.951. The van der Waals surface area contributed by atoms with Crippen LogP contribution >= 0.6 is 0 Å². The Hall–Kier alpha value is -0.670. The quantitative estimate of drug-likeness (QED) is 0.499. The van der Waals surface area contributed by atoms with E-state index in [1.165, 1.54) is 11.9 Å². The molecule has 0 atom stereocenters. The second-order valence-electron chi connectivity index (χ2n) is 2.47. The summed E-state index contributed by atoms with van der Waals surface area (Å²) in [7, 11) is 1.52. The van der Waals surface area contributed by atoms with Gasteiger partial charge in [-0.25, -0.2) is 8.78 Å². The molecule has 0 saturated carbocycles. The fourth-order valence-corrected chi connectivity index (χ4v) is 0.745. The van der Waals surface area contributed by atoms with Crippen LogP contribution in [-0.4, -0.2) is 30.8 Å². The molecule has 4 heteroatoms. The average Bonchev–Trinajstić information content (AvgIpc) is 1.86. The molecule has 11 heavy (non-hydrogen) atoms. The summed E-state index contributed by atoms with van der Waals surface area (Å²) >= 11 is 0. The lowest BCUT2D eigenvalue weighted by molar-refractivity contribution is 0.122. The molecule has 0 spiro atoms. The summed E-state index contributed by atoms with van der Waals surface area (Å²) < 4.78 is 23.5. The summed E-state index contributed by atoms with van der Waals surface area (Å²) in [6, 6.07) is 0. The largest absolute Gasteiger partial charge is 0.358 e.